The highest BCUT2D eigenvalue weighted by Gasteiger charge is 2.53. The summed E-state index contributed by atoms with van der Waals surface area (Å²) in [7, 11) is 0. The molecule has 0 aliphatic carbocycles. The van der Waals surface area contributed by atoms with E-state index in [0.29, 0.717) is 6.42 Å². The number of rotatable bonds is 3. The molecule has 0 bridgehead atoms. The molecule has 124 valence electrons. The Labute approximate surface area is 137 Å². The van der Waals surface area contributed by atoms with E-state index in [1.54, 1.807) is 0 Å². The molecule has 2 aliphatic heterocycles. The minimum Gasteiger partial charge on any atom is -0.319 e. The minimum atomic E-state index is -0.916. The molecule has 2 N–H and O–H groups in total. The fourth-order valence-corrected chi connectivity index (χ4v) is 3.64. The van der Waals surface area contributed by atoms with Crippen LogP contribution in [0.15, 0.2) is 18.2 Å². The number of hydrogen-bond acceptors (Lipinski definition) is 3. The Morgan fingerprint density at radius 1 is 1.17 bits per heavy atom. The van der Waals surface area contributed by atoms with Gasteiger partial charge in [0.05, 0.1) is 0 Å². The van der Waals surface area contributed by atoms with Crippen LogP contribution in [0.3, 0.4) is 0 Å². The normalized spacial score (nSPS) is 25.8. The Kier molecular flexibility index (Phi) is 4.15. The summed E-state index contributed by atoms with van der Waals surface area (Å²) in [6.45, 7) is 7.75. The van der Waals surface area contributed by atoms with Crippen molar-refractivity contribution in [2.45, 2.75) is 51.6 Å². The molecule has 1 aromatic rings. The van der Waals surface area contributed by atoms with Crippen molar-refractivity contribution < 1.29 is 9.59 Å². The number of carbonyl (C=O) groups excluding carboxylic acids is 2. The Morgan fingerprint density at radius 2 is 1.87 bits per heavy atom. The van der Waals surface area contributed by atoms with Gasteiger partial charge < -0.3 is 10.6 Å². The molecule has 0 radical (unpaired) electrons. The Balaban J connectivity index is 1.97. The van der Waals surface area contributed by atoms with Crippen LogP contribution in [0.5, 0.6) is 0 Å². The van der Waals surface area contributed by atoms with Crippen molar-refractivity contribution in [3.63, 3.8) is 0 Å². The van der Waals surface area contributed by atoms with Crippen molar-refractivity contribution in [2.75, 3.05) is 13.1 Å². The van der Waals surface area contributed by atoms with E-state index in [9.17, 15) is 9.59 Å². The average molecular weight is 315 g/mol. The number of benzene rings is 1. The third-order valence-corrected chi connectivity index (χ3v) is 5.33. The van der Waals surface area contributed by atoms with Crippen molar-refractivity contribution >= 4 is 11.9 Å². The first-order valence-electron chi connectivity index (χ1n) is 8.44. The molecule has 1 atom stereocenters. The van der Waals surface area contributed by atoms with Crippen molar-refractivity contribution in [3.05, 3.63) is 34.9 Å². The fourth-order valence-electron chi connectivity index (χ4n) is 3.64. The highest BCUT2D eigenvalue weighted by molar-refractivity contribution is 6.07. The van der Waals surface area contributed by atoms with Crippen LogP contribution in [0.25, 0.3) is 0 Å². The zero-order chi connectivity index (χ0) is 16.6. The number of aryl methyl sites for hydroxylation is 2. The summed E-state index contributed by atoms with van der Waals surface area (Å²) in [6.07, 6.45) is 2.21. The second-order valence-corrected chi connectivity index (χ2v) is 6.64. The van der Waals surface area contributed by atoms with Gasteiger partial charge in [0.15, 0.2) is 0 Å². The van der Waals surface area contributed by atoms with Crippen molar-refractivity contribution in [1.82, 2.24) is 15.5 Å². The van der Waals surface area contributed by atoms with E-state index in [1.165, 1.54) is 10.5 Å². The van der Waals surface area contributed by atoms with Gasteiger partial charge >= 0.3 is 6.03 Å². The zero-order valence-electron chi connectivity index (χ0n) is 14.1. The van der Waals surface area contributed by atoms with Gasteiger partial charge in [-0.05, 0) is 62.9 Å². The first kappa shape index (κ1) is 16.0. The van der Waals surface area contributed by atoms with Gasteiger partial charge in [-0.15, -0.1) is 0 Å². The highest BCUT2D eigenvalue weighted by atomic mass is 16.2. The largest absolute Gasteiger partial charge is 0.325 e. The van der Waals surface area contributed by atoms with Crippen LogP contribution >= 0.6 is 0 Å². The molecular formula is C18H25N3O2. The lowest BCUT2D eigenvalue weighted by Crippen LogP contribution is -2.48. The van der Waals surface area contributed by atoms with Gasteiger partial charge in [-0.3, -0.25) is 9.69 Å². The topological polar surface area (TPSA) is 61.4 Å². The maximum absolute atomic E-state index is 13.2. The lowest BCUT2D eigenvalue weighted by atomic mass is 9.85. The van der Waals surface area contributed by atoms with Crippen LogP contribution in [0.1, 0.15) is 42.9 Å². The fraction of sp³-hybridized carbons (Fsp3) is 0.556. The smallest absolute Gasteiger partial charge is 0.319 e. The zero-order valence-corrected chi connectivity index (χ0v) is 14.1. The molecule has 1 aromatic carbocycles. The monoisotopic (exact) mass is 315 g/mol. The Morgan fingerprint density at radius 3 is 2.48 bits per heavy atom. The quantitative estimate of drug-likeness (QED) is 0.841. The predicted molar refractivity (Wildman–Crippen MR) is 89.2 cm³/mol. The van der Waals surface area contributed by atoms with Crippen molar-refractivity contribution in [2.24, 2.45) is 0 Å². The number of urea groups is 1. The van der Waals surface area contributed by atoms with Gasteiger partial charge in [0.1, 0.15) is 5.54 Å². The molecule has 2 fully saturated rings. The predicted octanol–water partition coefficient (Wildman–Crippen LogP) is 2.21. The van der Waals surface area contributed by atoms with Crippen LogP contribution < -0.4 is 10.6 Å². The van der Waals surface area contributed by atoms with Crippen molar-refractivity contribution in [1.29, 1.82) is 0 Å². The lowest BCUT2D eigenvalue weighted by molar-refractivity contribution is -0.133. The second-order valence-electron chi connectivity index (χ2n) is 6.64. The maximum atomic E-state index is 13.2. The molecule has 2 heterocycles. The summed E-state index contributed by atoms with van der Waals surface area (Å²) in [5.74, 6) is -0.0971. The van der Waals surface area contributed by atoms with E-state index in [2.05, 4.69) is 10.6 Å². The average Bonchev–Trinajstić information content (AvgIpc) is 2.82. The van der Waals surface area contributed by atoms with E-state index >= 15 is 0 Å². The molecular weight excluding hydrogens is 290 g/mol. The van der Waals surface area contributed by atoms with E-state index in [4.69, 9.17) is 0 Å². The number of nitrogens with one attached hydrogen (secondary N) is 2. The summed E-state index contributed by atoms with van der Waals surface area (Å²) in [6, 6.07) is 5.78. The third kappa shape index (κ3) is 2.53. The molecule has 23 heavy (non-hydrogen) atoms. The molecule has 0 saturated carbocycles. The molecule has 2 aliphatic rings. The SMILES string of the molecule is CCC1(c2ccc(C)c(C)c2)NC(=O)N(C2CCNCC2)C1=O. The number of hydrogen-bond donors (Lipinski definition) is 2. The number of amides is 3. The standard InChI is InChI=1S/C18H25N3O2/c1-4-18(14-6-5-12(2)13(3)11-14)16(22)21(17(23)20-18)15-7-9-19-10-8-15/h5-6,11,15,19H,4,7-10H2,1-3H3,(H,20,23). The van der Waals surface area contributed by atoms with Crippen LogP contribution in [0.4, 0.5) is 4.79 Å². The molecule has 3 rings (SSSR count). The highest BCUT2D eigenvalue weighted by Crippen LogP contribution is 2.35. The van der Waals surface area contributed by atoms with E-state index < -0.39 is 5.54 Å². The van der Waals surface area contributed by atoms with Crippen LogP contribution in [0.2, 0.25) is 0 Å². The maximum Gasteiger partial charge on any atom is 0.325 e. The van der Waals surface area contributed by atoms with Crippen LogP contribution in [-0.4, -0.2) is 36.0 Å². The van der Waals surface area contributed by atoms with Crippen LogP contribution in [-0.2, 0) is 10.3 Å². The van der Waals surface area contributed by atoms with E-state index in [1.807, 2.05) is 39.0 Å². The molecule has 2 saturated heterocycles. The number of carbonyl (C=O) groups is 2. The number of piperidine rings is 1. The summed E-state index contributed by atoms with van der Waals surface area (Å²) in [5.41, 5.74) is 2.29. The summed E-state index contributed by atoms with van der Waals surface area (Å²) < 4.78 is 0. The second kappa shape index (κ2) is 5.96. The van der Waals surface area contributed by atoms with Gasteiger partial charge in [0.2, 0.25) is 0 Å². The van der Waals surface area contributed by atoms with Gasteiger partial charge in [-0.1, -0.05) is 25.1 Å². The number of imide groups is 1. The number of nitrogens with zero attached hydrogens (tertiary/aromatic N) is 1. The molecule has 3 amide bonds. The van der Waals surface area contributed by atoms with Crippen LogP contribution in [0, 0.1) is 13.8 Å². The van der Waals surface area contributed by atoms with Gasteiger partial charge in [-0.2, -0.15) is 0 Å². The first-order chi connectivity index (χ1) is 11.0. The van der Waals surface area contributed by atoms with Gasteiger partial charge in [0.25, 0.3) is 5.91 Å². The Bertz CT molecular complexity index is 637. The summed E-state index contributed by atoms with van der Waals surface area (Å²) in [4.78, 5) is 27.2. The molecule has 5 nitrogen and oxygen atoms in total. The minimum absolute atomic E-state index is 0.00344. The van der Waals surface area contributed by atoms with E-state index in [0.717, 1.165) is 37.1 Å². The Hall–Kier alpha value is -1.88. The summed E-state index contributed by atoms with van der Waals surface area (Å²) in [5, 5.41) is 6.27. The third-order valence-electron chi connectivity index (χ3n) is 5.33. The van der Waals surface area contributed by atoms with Gasteiger partial charge in [-0.25, -0.2) is 4.79 Å². The molecule has 0 spiro atoms. The molecule has 1 unspecified atom stereocenters. The van der Waals surface area contributed by atoms with Gasteiger partial charge in [0, 0.05) is 6.04 Å². The van der Waals surface area contributed by atoms with Crippen molar-refractivity contribution in [3.8, 4) is 0 Å². The van der Waals surface area contributed by atoms with E-state index in [-0.39, 0.29) is 18.0 Å². The lowest BCUT2D eigenvalue weighted by Gasteiger charge is -2.31. The summed E-state index contributed by atoms with van der Waals surface area (Å²) >= 11 is 0. The molecule has 5 heteroatoms. The molecule has 0 aromatic heterocycles. The first-order valence-corrected chi connectivity index (χ1v) is 8.44.